The van der Waals surface area contributed by atoms with Crippen LogP contribution >= 0.6 is 11.6 Å². The fourth-order valence-corrected chi connectivity index (χ4v) is 2.05. The Labute approximate surface area is 117 Å². The normalized spacial score (nSPS) is 10.3. The monoisotopic (exact) mass is 277 g/mol. The highest BCUT2D eigenvalue weighted by Crippen LogP contribution is 2.28. The minimum Gasteiger partial charge on any atom is -0.506 e. The van der Waals surface area contributed by atoms with Crippen molar-refractivity contribution in [3.63, 3.8) is 0 Å². The summed E-state index contributed by atoms with van der Waals surface area (Å²) >= 11 is 5.87. The predicted octanol–water partition coefficient (Wildman–Crippen LogP) is 3.97. The molecule has 0 fully saturated rings. The zero-order chi connectivity index (χ0) is 13.8. The molecule has 0 atom stereocenters. The van der Waals surface area contributed by atoms with Crippen molar-refractivity contribution in [2.75, 3.05) is 12.4 Å². The average Bonchev–Trinajstić information content (AvgIpc) is 2.41. The van der Waals surface area contributed by atoms with Crippen molar-refractivity contribution in [1.82, 2.24) is 0 Å². The van der Waals surface area contributed by atoms with E-state index in [1.165, 1.54) is 0 Å². The molecule has 0 spiro atoms. The van der Waals surface area contributed by atoms with Gasteiger partial charge in [-0.2, -0.15) is 0 Å². The van der Waals surface area contributed by atoms with Crippen LogP contribution in [0.3, 0.4) is 0 Å². The van der Waals surface area contributed by atoms with Crippen molar-refractivity contribution in [2.24, 2.45) is 0 Å². The third kappa shape index (κ3) is 3.12. The molecule has 0 aromatic heterocycles. The molecule has 2 aromatic rings. The van der Waals surface area contributed by atoms with Crippen LogP contribution in [0.2, 0.25) is 5.02 Å². The average molecular weight is 278 g/mol. The van der Waals surface area contributed by atoms with Crippen LogP contribution in [0.4, 0.5) is 5.69 Å². The van der Waals surface area contributed by atoms with E-state index in [0.717, 1.165) is 22.6 Å². The molecule has 0 heterocycles. The first-order valence-corrected chi connectivity index (χ1v) is 6.34. The second kappa shape index (κ2) is 5.85. The highest BCUT2D eigenvalue weighted by Gasteiger charge is 2.06. The first-order valence-electron chi connectivity index (χ1n) is 5.96. The van der Waals surface area contributed by atoms with Crippen molar-refractivity contribution in [3.05, 3.63) is 52.5 Å². The number of rotatable bonds is 4. The highest BCUT2D eigenvalue weighted by molar-refractivity contribution is 6.32. The summed E-state index contributed by atoms with van der Waals surface area (Å²) in [5.74, 6) is 0.955. The molecule has 0 saturated carbocycles. The van der Waals surface area contributed by atoms with Gasteiger partial charge in [-0.15, -0.1) is 0 Å². The van der Waals surface area contributed by atoms with Gasteiger partial charge < -0.3 is 15.2 Å². The van der Waals surface area contributed by atoms with Crippen LogP contribution in [-0.4, -0.2) is 12.2 Å². The Hall–Kier alpha value is -1.87. The molecule has 3 nitrogen and oxygen atoms in total. The van der Waals surface area contributed by atoms with E-state index >= 15 is 0 Å². The number of phenolic OH excluding ortho intramolecular Hbond substituents is 1. The van der Waals surface area contributed by atoms with E-state index in [1.54, 1.807) is 13.2 Å². The van der Waals surface area contributed by atoms with Gasteiger partial charge in [-0.3, -0.25) is 0 Å². The number of hydrogen-bond donors (Lipinski definition) is 2. The van der Waals surface area contributed by atoms with Gasteiger partial charge in [0.2, 0.25) is 0 Å². The van der Waals surface area contributed by atoms with Crippen LogP contribution in [-0.2, 0) is 6.54 Å². The summed E-state index contributed by atoms with van der Waals surface area (Å²) in [4.78, 5) is 0. The molecule has 100 valence electrons. The zero-order valence-corrected chi connectivity index (χ0v) is 11.7. The first kappa shape index (κ1) is 13.6. The van der Waals surface area contributed by atoms with E-state index in [4.69, 9.17) is 16.3 Å². The third-order valence-corrected chi connectivity index (χ3v) is 3.28. The van der Waals surface area contributed by atoms with Crippen LogP contribution in [0, 0.1) is 6.92 Å². The Morgan fingerprint density at radius 1 is 1.26 bits per heavy atom. The minimum atomic E-state index is 0.128. The van der Waals surface area contributed by atoms with Gasteiger partial charge >= 0.3 is 0 Å². The Bertz CT molecular complexity index is 584. The van der Waals surface area contributed by atoms with Gasteiger partial charge in [-0.25, -0.2) is 0 Å². The van der Waals surface area contributed by atoms with Crippen molar-refractivity contribution < 1.29 is 9.84 Å². The largest absolute Gasteiger partial charge is 0.506 e. The smallest absolute Gasteiger partial charge is 0.139 e. The number of halogens is 1. The van der Waals surface area contributed by atoms with Gasteiger partial charge in [0, 0.05) is 17.8 Å². The molecular formula is C15H16ClNO2. The van der Waals surface area contributed by atoms with Crippen LogP contribution in [0.15, 0.2) is 36.4 Å². The molecule has 2 N–H and O–H groups in total. The highest BCUT2D eigenvalue weighted by atomic mass is 35.5. The van der Waals surface area contributed by atoms with E-state index in [0.29, 0.717) is 11.6 Å². The molecule has 0 radical (unpaired) electrons. The quantitative estimate of drug-likeness (QED) is 0.888. The fourth-order valence-electron chi connectivity index (χ4n) is 1.85. The standard InChI is InChI=1S/C15H16ClNO2/c1-10-8-12(19-2)6-7-14(10)17-9-11-4-3-5-13(16)15(11)18/h3-8,17-18H,9H2,1-2H3. The molecule has 0 saturated heterocycles. The maximum absolute atomic E-state index is 9.84. The number of methoxy groups -OCH3 is 1. The van der Waals surface area contributed by atoms with Gasteiger partial charge in [-0.1, -0.05) is 23.7 Å². The predicted molar refractivity (Wildman–Crippen MR) is 78.2 cm³/mol. The number of aromatic hydroxyl groups is 1. The first-order chi connectivity index (χ1) is 9.11. The minimum absolute atomic E-state index is 0.128. The SMILES string of the molecule is COc1ccc(NCc2cccc(Cl)c2O)c(C)c1. The summed E-state index contributed by atoms with van der Waals surface area (Å²) in [7, 11) is 1.64. The second-order valence-corrected chi connectivity index (χ2v) is 4.69. The lowest BCUT2D eigenvalue weighted by atomic mass is 10.1. The van der Waals surface area contributed by atoms with Gasteiger partial charge in [0.05, 0.1) is 12.1 Å². The molecule has 0 bridgehead atoms. The molecule has 0 unspecified atom stereocenters. The molecule has 19 heavy (non-hydrogen) atoms. The van der Waals surface area contributed by atoms with Crippen LogP contribution in [0.25, 0.3) is 0 Å². The molecule has 2 rings (SSSR count). The zero-order valence-electron chi connectivity index (χ0n) is 10.9. The van der Waals surface area contributed by atoms with Crippen LogP contribution in [0.5, 0.6) is 11.5 Å². The number of aryl methyl sites for hydroxylation is 1. The summed E-state index contributed by atoms with van der Waals surface area (Å²) in [6.07, 6.45) is 0. The Balaban J connectivity index is 2.12. The van der Waals surface area contributed by atoms with Crippen LogP contribution < -0.4 is 10.1 Å². The maximum atomic E-state index is 9.84. The van der Waals surface area contributed by atoms with E-state index in [1.807, 2.05) is 37.3 Å². The van der Waals surface area contributed by atoms with E-state index in [2.05, 4.69) is 5.32 Å². The summed E-state index contributed by atoms with van der Waals surface area (Å²) in [6.45, 7) is 2.52. The number of nitrogens with one attached hydrogen (secondary N) is 1. The van der Waals surface area contributed by atoms with E-state index in [-0.39, 0.29) is 5.75 Å². The van der Waals surface area contributed by atoms with Crippen molar-refractivity contribution >= 4 is 17.3 Å². The van der Waals surface area contributed by atoms with E-state index < -0.39 is 0 Å². The van der Waals surface area contributed by atoms with E-state index in [9.17, 15) is 5.11 Å². The molecular weight excluding hydrogens is 262 g/mol. The molecule has 0 amide bonds. The number of hydrogen-bond acceptors (Lipinski definition) is 3. The molecule has 4 heteroatoms. The number of ether oxygens (including phenoxy) is 1. The third-order valence-electron chi connectivity index (χ3n) is 2.97. The lowest BCUT2D eigenvalue weighted by molar-refractivity contribution is 0.414. The Kier molecular flexibility index (Phi) is 4.17. The van der Waals surface area contributed by atoms with Crippen molar-refractivity contribution in [1.29, 1.82) is 0 Å². The van der Waals surface area contributed by atoms with Gasteiger partial charge in [0.1, 0.15) is 11.5 Å². The van der Waals surface area contributed by atoms with Gasteiger partial charge in [0.15, 0.2) is 0 Å². The lowest BCUT2D eigenvalue weighted by Gasteiger charge is -2.12. The molecule has 0 aliphatic heterocycles. The summed E-state index contributed by atoms with van der Waals surface area (Å²) in [5.41, 5.74) is 2.85. The number of para-hydroxylation sites is 1. The molecule has 0 aliphatic rings. The summed E-state index contributed by atoms with van der Waals surface area (Å²) in [5, 5.41) is 13.5. The fraction of sp³-hybridized carbons (Fsp3) is 0.200. The number of benzene rings is 2. The van der Waals surface area contributed by atoms with Gasteiger partial charge in [-0.05, 0) is 36.8 Å². The number of phenols is 1. The summed E-state index contributed by atoms with van der Waals surface area (Å²) in [6, 6.07) is 11.1. The Morgan fingerprint density at radius 3 is 2.74 bits per heavy atom. The van der Waals surface area contributed by atoms with Crippen molar-refractivity contribution in [3.8, 4) is 11.5 Å². The summed E-state index contributed by atoms with van der Waals surface area (Å²) < 4.78 is 5.16. The molecule has 0 aliphatic carbocycles. The second-order valence-electron chi connectivity index (χ2n) is 4.28. The van der Waals surface area contributed by atoms with Crippen molar-refractivity contribution in [2.45, 2.75) is 13.5 Å². The lowest BCUT2D eigenvalue weighted by Crippen LogP contribution is -2.01. The van der Waals surface area contributed by atoms with Crippen LogP contribution in [0.1, 0.15) is 11.1 Å². The topological polar surface area (TPSA) is 41.5 Å². The molecule has 2 aromatic carbocycles. The number of anilines is 1. The Morgan fingerprint density at radius 2 is 2.05 bits per heavy atom. The maximum Gasteiger partial charge on any atom is 0.139 e. The van der Waals surface area contributed by atoms with Gasteiger partial charge in [0.25, 0.3) is 0 Å².